The van der Waals surface area contributed by atoms with Crippen LogP contribution in [0.3, 0.4) is 0 Å². The van der Waals surface area contributed by atoms with E-state index in [1.807, 2.05) is 25.3 Å². The van der Waals surface area contributed by atoms with Gasteiger partial charge in [0.15, 0.2) is 11.2 Å². The number of piperazine rings is 1. The van der Waals surface area contributed by atoms with Crippen LogP contribution in [0.5, 0.6) is 0 Å². The average Bonchev–Trinajstić information content (AvgIpc) is 3.32. The van der Waals surface area contributed by atoms with Gasteiger partial charge in [0.1, 0.15) is 5.82 Å². The van der Waals surface area contributed by atoms with Crippen molar-refractivity contribution in [3.8, 4) is 0 Å². The number of aryl methyl sites for hydroxylation is 3. The number of imidazole rings is 2. The Bertz CT molecular complexity index is 1450. The van der Waals surface area contributed by atoms with E-state index in [4.69, 9.17) is 0 Å². The smallest absolute Gasteiger partial charge is 0.332 e. The van der Waals surface area contributed by atoms with Crippen LogP contribution in [0.2, 0.25) is 0 Å². The van der Waals surface area contributed by atoms with E-state index in [-0.39, 0.29) is 17.1 Å². The highest BCUT2D eigenvalue weighted by Gasteiger charge is 2.21. The molecule has 10 heteroatoms. The fraction of sp³-hybridized carbons (Fsp3) is 0.435. The molecule has 4 aromatic rings. The maximum absolute atomic E-state index is 14.1. The number of benzene rings is 1. The summed E-state index contributed by atoms with van der Waals surface area (Å²) in [7, 11) is 3.12. The van der Waals surface area contributed by atoms with Crippen molar-refractivity contribution >= 4 is 22.6 Å². The van der Waals surface area contributed by atoms with E-state index >= 15 is 0 Å². The predicted octanol–water partition coefficient (Wildman–Crippen LogP) is 1.35. The molecular formula is C23H28FN7O2. The molecular weight excluding hydrogens is 425 g/mol. The molecule has 174 valence electrons. The van der Waals surface area contributed by atoms with Gasteiger partial charge < -0.3 is 9.47 Å². The Balaban J connectivity index is 1.29. The van der Waals surface area contributed by atoms with E-state index in [2.05, 4.69) is 19.4 Å². The van der Waals surface area contributed by atoms with E-state index in [1.165, 1.54) is 17.7 Å². The van der Waals surface area contributed by atoms with Gasteiger partial charge in [-0.2, -0.15) is 4.98 Å². The largest absolute Gasteiger partial charge is 0.367 e. The number of rotatable bonds is 5. The van der Waals surface area contributed by atoms with Crippen LogP contribution in [0, 0.1) is 12.7 Å². The normalized spacial score (nSPS) is 15.2. The highest BCUT2D eigenvalue weighted by molar-refractivity contribution is 5.75. The zero-order chi connectivity index (χ0) is 23.3. The Morgan fingerprint density at radius 1 is 1.00 bits per heavy atom. The van der Waals surface area contributed by atoms with Crippen LogP contribution in [-0.2, 0) is 20.6 Å². The number of para-hydroxylation sites is 1. The van der Waals surface area contributed by atoms with Gasteiger partial charge in [0.05, 0.1) is 5.69 Å². The second kappa shape index (κ2) is 8.18. The third-order valence-corrected chi connectivity index (χ3v) is 6.68. The molecule has 0 unspecified atom stereocenters. The number of aromatic nitrogens is 5. The van der Waals surface area contributed by atoms with Gasteiger partial charge in [-0.25, -0.2) is 9.18 Å². The zero-order valence-corrected chi connectivity index (χ0v) is 19.2. The first-order chi connectivity index (χ1) is 15.9. The summed E-state index contributed by atoms with van der Waals surface area (Å²) >= 11 is 0. The average molecular weight is 454 g/mol. The van der Waals surface area contributed by atoms with Crippen molar-refractivity contribution in [1.82, 2.24) is 28.0 Å². The molecule has 9 nitrogen and oxygen atoms in total. The summed E-state index contributed by atoms with van der Waals surface area (Å²) in [5.74, 6) is 0.502. The highest BCUT2D eigenvalue weighted by Crippen LogP contribution is 2.20. The fourth-order valence-electron chi connectivity index (χ4n) is 4.78. The van der Waals surface area contributed by atoms with E-state index in [1.54, 1.807) is 17.5 Å². The molecule has 1 aliphatic rings. The van der Waals surface area contributed by atoms with Crippen molar-refractivity contribution < 1.29 is 4.39 Å². The Morgan fingerprint density at radius 2 is 1.73 bits per heavy atom. The predicted molar refractivity (Wildman–Crippen MR) is 126 cm³/mol. The molecule has 0 spiro atoms. The summed E-state index contributed by atoms with van der Waals surface area (Å²) in [5.41, 5.74) is 1.78. The van der Waals surface area contributed by atoms with Crippen LogP contribution in [0.15, 0.2) is 40.1 Å². The second-order valence-corrected chi connectivity index (χ2v) is 8.72. The summed E-state index contributed by atoms with van der Waals surface area (Å²) in [6.07, 6.45) is 2.83. The summed E-state index contributed by atoms with van der Waals surface area (Å²) in [6.45, 7) is 7.07. The van der Waals surface area contributed by atoms with Crippen LogP contribution in [0.1, 0.15) is 12.1 Å². The van der Waals surface area contributed by atoms with E-state index in [0.29, 0.717) is 22.6 Å². The fourth-order valence-corrected chi connectivity index (χ4v) is 4.78. The molecule has 0 bridgehead atoms. The third kappa shape index (κ3) is 3.54. The summed E-state index contributed by atoms with van der Waals surface area (Å²) in [4.78, 5) is 34.1. The molecule has 4 heterocycles. The number of anilines is 1. The van der Waals surface area contributed by atoms with Crippen LogP contribution < -0.4 is 16.1 Å². The van der Waals surface area contributed by atoms with Crippen molar-refractivity contribution in [3.05, 3.63) is 62.8 Å². The lowest BCUT2D eigenvalue weighted by atomic mass is 10.2. The zero-order valence-electron chi connectivity index (χ0n) is 19.2. The standard InChI is InChI=1S/C23H28FN7O2/c1-16-15-31-19-20(26(2)23(33)27(3)21(19)32)25-22(31)30(16)10-6-9-28-11-13-29(14-12-28)18-8-5-4-7-17(18)24/h4-5,7-8,15H,6,9-14H2,1-3H3. The van der Waals surface area contributed by atoms with E-state index in [0.717, 1.165) is 56.0 Å². The molecule has 0 N–H and O–H groups in total. The van der Waals surface area contributed by atoms with Crippen LogP contribution >= 0.6 is 0 Å². The minimum absolute atomic E-state index is 0.169. The van der Waals surface area contributed by atoms with Gasteiger partial charge in [0, 0.05) is 58.7 Å². The van der Waals surface area contributed by atoms with Gasteiger partial charge in [-0.15, -0.1) is 0 Å². The maximum Gasteiger partial charge on any atom is 0.332 e. The molecule has 0 amide bonds. The van der Waals surface area contributed by atoms with Crippen LogP contribution in [-0.4, -0.2) is 60.7 Å². The topological polar surface area (TPSA) is 72.7 Å². The summed E-state index contributed by atoms with van der Waals surface area (Å²) in [6, 6.07) is 6.94. The van der Waals surface area contributed by atoms with Crippen LogP contribution in [0.25, 0.3) is 16.9 Å². The van der Waals surface area contributed by atoms with E-state index < -0.39 is 0 Å². The Hall–Kier alpha value is -3.40. The number of halogens is 1. The van der Waals surface area contributed by atoms with Gasteiger partial charge >= 0.3 is 5.69 Å². The number of hydrogen-bond donors (Lipinski definition) is 0. The van der Waals surface area contributed by atoms with Crippen molar-refractivity contribution in [2.24, 2.45) is 14.1 Å². The third-order valence-electron chi connectivity index (χ3n) is 6.68. The molecule has 33 heavy (non-hydrogen) atoms. The molecule has 1 saturated heterocycles. The van der Waals surface area contributed by atoms with E-state index in [9.17, 15) is 14.0 Å². The van der Waals surface area contributed by atoms with Gasteiger partial charge in [0.2, 0.25) is 5.78 Å². The van der Waals surface area contributed by atoms with Gasteiger partial charge in [0.25, 0.3) is 5.56 Å². The lowest BCUT2D eigenvalue weighted by Crippen LogP contribution is -2.47. The minimum atomic E-state index is -0.383. The molecule has 1 fully saturated rings. The molecule has 1 aliphatic heterocycles. The molecule has 3 aromatic heterocycles. The Morgan fingerprint density at radius 3 is 2.45 bits per heavy atom. The highest BCUT2D eigenvalue weighted by atomic mass is 19.1. The van der Waals surface area contributed by atoms with Crippen molar-refractivity contribution in [2.45, 2.75) is 19.9 Å². The monoisotopic (exact) mass is 453 g/mol. The first-order valence-corrected chi connectivity index (χ1v) is 11.2. The van der Waals surface area contributed by atoms with Crippen molar-refractivity contribution in [2.75, 3.05) is 37.6 Å². The summed E-state index contributed by atoms with van der Waals surface area (Å²) < 4.78 is 20.5. The molecule has 0 saturated carbocycles. The molecule has 0 atom stereocenters. The molecule has 0 radical (unpaired) electrons. The van der Waals surface area contributed by atoms with Gasteiger partial charge in [-0.3, -0.25) is 23.2 Å². The second-order valence-electron chi connectivity index (χ2n) is 8.72. The van der Waals surface area contributed by atoms with Crippen molar-refractivity contribution in [1.29, 1.82) is 0 Å². The number of hydrogen-bond acceptors (Lipinski definition) is 5. The molecule has 1 aromatic carbocycles. The number of fused-ring (bicyclic) bond motifs is 3. The maximum atomic E-state index is 14.1. The lowest BCUT2D eigenvalue weighted by Gasteiger charge is -2.36. The quantitative estimate of drug-likeness (QED) is 0.456. The molecule has 5 rings (SSSR count). The van der Waals surface area contributed by atoms with Crippen LogP contribution in [0.4, 0.5) is 10.1 Å². The first-order valence-electron chi connectivity index (χ1n) is 11.2. The lowest BCUT2D eigenvalue weighted by molar-refractivity contribution is 0.250. The Labute approximate surface area is 189 Å². The van der Waals surface area contributed by atoms with Gasteiger partial charge in [-0.05, 0) is 32.0 Å². The Kier molecular flexibility index (Phi) is 5.32. The SMILES string of the molecule is Cc1cn2c3c(=O)n(C)c(=O)n(C)c3nc2n1CCCN1CCN(c2ccccc2F)CC1. The van der Waals surface area contributed by atoms with Crippen molar-refractivity contribution in [3.63, 3.8) is 0 Å². The van der Waals surface area contributed by atoms with Gasteiger partial charge in [-0.1, -0.05) is 12.1 Å². The number of nitrogens with zero attached hydrogens (tertiary/aromatic N) is 7. The molecule has 0 aliphatic carbocycles. The first kappa shape index (κ1) is 21.4. The summed E-state index contributed by atoms with van der Waals surface area (Å²) in [5, 5.41) is 0. The minimum Gasteiger partial charge on any atom is -0.367 e.